The molecule has 0 aliphatic rings. The van der Waals surface area contributed by atoms with Crippen LogP contribution in [0, 0.1) is 0 Å². The van der Waals surface area contributed by atoms with Crippen LogP contribution in [0.3, 0.4) is 0 Å². The van der Waals surface area contributed by atoms with Crippen LogP contribution in [0.1, 0.15) is 56.7 Å². The number of benzene rings is 3. The Bertz CT molecular complexity index is 1410. The summed E-state index contributed by atoms with van der Waals surface area (Å²) in [6.45, 7) is 6.26. The summed E-state index contributed by atoms with van der Waals surface area (Å²) in [6, 6.07) is 23.5. The number of carbonyl (C=O) groups excluding carboxylic acids is 2. The van der Waals surface area contributed by atoms with Gasteiger partial charge in [-0.25, -0.2) is 8.42 Å². The largest absolute Gasteiger partial charge is 0.352 e. The summed E-state index contributed by atoms with van der Waals surface area (Å²) >= 11 is 6.50. The van der Waals surface area contributed by atoms with Crippen molar-refractivity contribution in [3.63, 3.8) is 0 Å². The Kier molecular flexibility index (Phi) is 12.4. The van der Waals surface area contributed by atoms with Crippen LogP contribution in [-0.4, -0.2) is 50.0 Å². The molecule has 0 aliphatic carbocycles. The van der Waals surface area contributed by atoms with Crippen molar-refractivity contribution in [2.24, 2.45) is 0 Å². The van der Waals surface area contributed by atoms with Crippen molar-refractivity contribution in [1.82, 2.24) is 10.2 Å². The Morgan fingerprint density at radius 3 is 2.14 bits per heavy atom. The minimum Gasteiger partial charge on any atom is -0.352 e. The zero-order valence-corrected chi connectivity index (χ0v) is 26.5. The van der Waals surface area contributed by atoms with E-state index >= 15 is 0 Å². The molecule has 3 rings (SSSR count). The molecule has 3 aromatic rings. The van der Waals surface area contributed by atoms with Gasteiger partial charge in [-0.3, -0.25) is 13.9 Å². The predicted molar refractivity (Wildman–Crippen MR) is 171 cm³/mol. The second kappa shape index (κ2) is 15.8. The van der Waals surface area contributed by atoms with Crippen molar-refractivity contribution >= 4 is 39.1 Å². The lowest BCUT2D eigenvalue weighted by molar-refractivity contribution is -0.141. The first-order chi connectivity index (χ1) is 20.0. The molecule has 0 fully saturated rings. The van der Waals surface area contributed by atoms with Gasteiger partial charge in [0.1, 0.15) is 6.04 Å². The molecule has 7 nitrogen and oxygen atoms in total. The van der Waals surface area contributed by atoms with E-state index in [1.54, 1.807) is 23.1 Å². The summed E-state index contributed by atoms with van der Waals surface area (Å²) in [7, 11) is -3.57. The highest BCUT2D eigenvalue weighted by atomic mass is 35.5. The number of anilines is 1. The lowest BCUT2D eigenvalue weighted by Crippen LogP contribution is -2.52. The Balaban J connectivity index is 1.89. The van der Waals surface area contributed by atoms with E-state index in [-0.39, 0.29) is 43.8 Å². The molecule has 3 aromatic carbocycles. The number of nitrogens with one attached hydrogen (secondary N) is 1. The molecular weight excluding hydrogens is 570 g/mol. The Labute approximate surface area is 255 Å². The zero-order valence-electron chi connectivity index (χ0n) is 24.9. The summed E-state index contributed by atoms with van der Waals surface area (Å²) in [5.41, 5.74) is 3.33. The van der Waals surface area contributed by atoms with Crippen LogP contribution in [0.5, 0.6) is 0 Å². The van der Waals surface area contributed by atoms with Gasteiger partial charge in [-0.2, -0.15) is 0 Å². The summed E-state index contributed by atoms with van der Waals surface area (Å²) in [5.74, 6) is -0.479. The van der Waals surface area contributed by atoms with Crippen molar-refractivity contribution < 1.29 is 18.0 Å². The van der Waals surface area contributed by atoms with Gasteiger partial charge in [0.15, 0.2) is 0 Å². The van der Waals surface area contributed by atoms with Gasteiger partial charge in [-0.05, 0) is 61.1 Å². The monoisotopic (exact) mass is 611 g/mol. The third-order valence-electron chi connectivity index (χ3n) is 7.36. The number of hydrogen-bond donors (Lipinski definition) is 1. The lowest BCUT2D eigenvalue weighted by atomic mass is 10.0. The van der Waals surface area contributed by atoms with Crippen LogP contribution in [0.25, 0.3) is 0 Å². The van der Waals surface area contributed by atoms with Gasteiger partial charge in [0.05, 0.1) is 11.9 Å². The number of amides is 2. The number of carbonyl (C=O) groups is 2. The number of sulfonamides is 1. The highest BCUT2D eigenvalue weighted by Gasteiger charge is 2.31. The van der Waals surface area contributed by atoms with Crippen molar-refractivity contribution in [2.75, 3.05) is 17.1 Å². The van der Waals surface area contributed by atoms with Crippen molar-refractivity contribution in [1.29, 1.82) is 0 Å². The van der Waals surface area contributed by atoms with Crippen LogP contribution in [0.2, 0.25) is 5.02 Å². The number of aryl methyl sites for hydroxylation is 1. The van der Waals surface area contributed by atoms with E-state index in [0.29, 0.717) is 17.1 Å². The second-order valence-electron chi connectivity index (χ2n) is 10.6. The maximum Gasteiger partial charge on any atom is 0.243 e. The van der Waals surface area contributed by atoms with Crippen molar-refractivity contribution in [3.8, 4) is 0 Å². The minimum atomic E-state index is -3.57. The smallest absolute Gasteiger partial charge is 0.243 e. The molecule has 0 spiro atoms. The fourth-order valence-corrected chi connectivity index (χ4v) is 5.87. The Morgan fingerprint density at radius 1 is 0.905 bits per heavy atom. The molecule has 0 saturated carbocycles. The third-order valence-corrected chi connectivity index (χ3v) is 8.92. The molecule has 2 amide bonds. The lowest BCUT2D eigenvalue weighted by Gasteiger charge is -2.33. The highest BCUT2D eigenvalue weighted by molar-refractivity contribution is 7.92. The zero-order chi connectivity index (χ0) is 30.7. The van der Waals surface area contributed by atoms with E-state index in [0.717, 1.165) is 29.5 Å². The van der Waals surface area contributed by atoms with E-state index < -0.39 is 16.1 Å². The molecule has 0 bridgehead atoms. The van der Waals surface area contributed by atoms with Crippen molar-refractivity contribution in [2.45, 2.75) is 71.5 Å². The quantitative estimate of drug-likeness (QED) is 0.228. The van der Waals surface area contributed by atoms with Crippen LogP contribution < -0.4 is 9.62 Å². The molecule has 0 radical (unpaired) electrons. The molecule has 0 saturated heterocycles. The topological polar surface area (TPSA) is 86.8 Å². The maximum atomic E-state index is 13.9. The van der Waals surface area contributed by atoms with Crippen molar-refractivity contribution in [3.05, 3.63) is 101 Å². The van der Waals surface area contributed by atoms with E-state index in [1.807, 2.05) is 81.4 Å². The Morgan fingerprint density at radius 2 is 1.55 bits per heavy atom. The predicted octanol–water partition coefficient (Wildman–Crippen LogP) is 6.00. The minimum absolute atomic E-state index is 0.0598. The molecule has 0 unspecified atom stereocenters. The average Bonchev–Trinajstić information content (AvgIpc) is 2.97. The van der Waals surface area contributed by atoms with Crippen LogP contribution in [0.15, 0.2) is 78.9 Å². The van der Waals surface area contributed by atoms with E-state index in [9.17, 15) is 18.0 Å². The summed E-state index contributed by atoms with van der Waals surface area (Å²) in [4.78, 5) is 29.2. The first-order valence-electron chi connectivity index (χ1n) is 14.5. The van der Waals surface area contributed by atoms with Gasteiger partial charge in [0.2, 0.25) is 21.8 Å². The van der Waals surface area contributed by atoms with Gasteiger partial charge < -0.3 is 10.2 Å². The molecule has 0 aromatic heterocycles. The first-order valence-corrected chi connectivity index (χ1v) is 16.7. The standard InChI is InChI=1S/C33H42ClN3O4S/c1-5-25(3)35-33(39)31(23-27-13-8-7-9-14-27)36(24-28-15-10-11-16-30(28)34)32(38)17-12-22-37(42(4,40)41)29-20-18-26(6-2)19-21-29/h7-11,13-16,18-21,25,31H,5-6,12,17,22-24H2,1-4H3,(H,35,39)/t25-,31-/m0/s1. The van der Waals surface area contributed by atoms with Gasteiger partial charge in [-0.1, -0.05) is 86.1 Å². The number of nitrogens with zero attached hydrogens (tertiary/aromatic N) is 2. The first kappa shape index (κ1) is 33.1. The van der Waals surface area contributed by atoms with Gasteiger partial charge >= 0.3 is 0 Å². The molecule has 226 valence electrons. The third kappa shape index (κ3) is 9.60. The van der Waals surface area contributed by atoms with Crippen LogP contribution >= 0.6 is 11.6 Å². The number of halogens is 1. The molecule has 0 aliphatic heterocycles. The molecule has 0 heterocycles. The van der Waals surface area contributed by atoms with E-state index in [4.69, 9.17) is 11.6 Å². The van der Waals surface area contributed by atoms with E-state index in [2.05, 4.69) is 5.32 Å². The van der Waals surface area contributed by atoms with Gasteiger partial charge in [-0.15, -0.1) is 0 Å². The SMILES string of the molecule is CCc1ccc(N(CCCC(=O)N(Cc2ccccc2Cl)[C@@H](Cc2ccccc2)C(=O)N[C@@H](C)CC)S(C)(=O)=O)cc1. The summed E-state index contributed by atoms with van der Waals surface area (Å²) in [6.07, 6.45) is 3.45. The molecule has 42 heavy (non-hydrogen) atoms. The fourth-order valence-electron chi connectivity index (χ4n) is 4.71. The Hall–Kier alpha value is -3.36. The van der Waals surface area contributed by atoms with Gasteiger partial charge in [0, 0.05) is 37.0 Å². The van der Waals surface area contributed by atoms with Gasteiger partial charge in [0.25, 0.3) is 0 Å². The highest BCUT2D eigenvalue weighted by Crippen LogP contribution is 2.23. The second-order valence-corrected chi connectivity index (χ2v) is 12.9. The number of hydrogen-bond acceptors (Lipinski definition) is 4. The molecule has 1 N–H and O–H groups in total. The normalized spacial score (nSPS) is 12.8. The maximum absolute atomic E-state index is 13.9. The molecule has 9 heteroatoms. The summed E-state index contributed by atoms with van der Waals surface area (Å²) < 4.78 is 26.7. The van der Waals surface area contributed by atoms with E-state index in [1.165, 1.54) is 10.6 Å². The molecular formula is C33H42ClN3O4S. The molecule has 2 atom stereocenters. The van der Waals surface area contributed by atoms with Crippen LogP contribution in [0.4, 0.5) is 5.69 Å². The fraction of sp³-hybridized carbons (Fsp3) is 0.394. The summed E-state index contributed by atoms with van der Waals surface area (Å²) in [5, 5.41) is 3.57. The average molecular weight is 612 g/mol. The number of rotatable bonds is 15. The van der Waals surface area contributed by atoms with Crippen LogP contribution in [-0.2, 0) is 39.0 Å².